The summed E-state index contributed by atoms with van der Waals surface area (Å²) in [5.41, 5.74) is 5.46. The van der Waals surface area contributed by atoms with Gasteiger partial charge in [0.15, 0.2) is 0 Å². The molecule has 0 bridgehead atoms. The van der Waals surface area contributed by atoms with Gasteiger partial charge in [-0.2, -0.15) is 0 Å². The first-order valence-corrected chi connectivity index (χ1v) is 6.26. The topological polar surface area (TPSA) is 46.2 Å². The third-order valence-electron chi connectivity index (χ3n) is 3.01. The van der Waals surface area contributed by atoms with Gasteiger partial charge in [-0.15, -0.1) is 12.4 Å². The van der Waals surface area contributed by atoms with Crippen LogP contribution in [0.25, 0.3) is 0 Å². The molecule has 0 aliphatic rings. The molecule has 104 valence electrons. The van der Waals surface area contributed by atoms with Crippen LogP contribution in [0.1, 0.15) is 31.9 Å². The molecule has 0 radical (unpaired) electrons. The van der Waals surface area contributed by atoms with Crippen LogP contribution in [0.3, 0.4) is 0 Å². The summed E-state index contributed by atoms with van der Waals surface area (Å²) in [5.74, 6) is -1.61. The molecule has 0 fully saturated rings. The van der Waals surface area contributed by atoms with Gasteiger partial charge in [-0.1, -0.05) is 20.3 Å². The highest BCUT2D eigenvalue weighted by atomic mass is 79.9. The fraction of sp³-hybridized carbons (Fsp3) is 0.500. The van der Waals surface area contributed by atoms with Crippen molar-refractivity contribution in [2.75, 3.05) is 0 Å². The fourth-order valence-corrected chi connectivity index (χ4v) is 1.96. The number of hydrogen-bond acceptors (Lipinski definition) is 2. The summed E-state index contributed by atoms with van der Waals surface area (Å²) in [4.78, 5) is 0. The summed E-state index contributed by atoms with van der Waals surface area (Å²) in [6.07, 6.45) is -0.287. The van der Waals surface area contributed by atoms with Crippen LogP contribution in [0.2, 0.25) is 0 Å². The van der Waals surface area contributed by atoms with Crippen LogP contribution in [0.15, 0.2) is 16.6 Å². The molecule has 1 aromatic carbocycles. The van der Waals surface area contributed by atoms with Crippen molar-refractivity contribution in [3.05, 3.63) is 33.8 Å². The zero-order valence-corrected chi connectivity index (χ0v) is 12.6. The van der Waals surface area contributed by atoms with E-state index in [0.717, 1.165) is 6.07 Å². The monoisotopic (exact) mass is 343 g/mol. The fourth-order valence-electron chi connectivity index (χ4n) is 1.61. The number of nitrogens with two attached hydrogens (primary N) is 1. The van der Waals surface area contributed by atoms with E-state index >= 15 is 0 Å². The van der Waals surface area contributed by atoms with Crippen LogP contribution in [-0.2, 0) is 0 Å². The molecular formula is C12H17BrClF2NO. The molecule has 3 N–H and O–H groups in total. The average Bonchev–Trinajstić information content (AvgIpc) is 2.32. The Kier molecular flexibility index (Phi) is 7.29. The van der Waals surface area contributed by atoms with Crippen molar-refractivity contribution in [3.63, 3.8) is 0 Å². The van der Waals surface area contributed by atoms with E-state index in [1.54, 1.807) is 6.92 Å². The van der Waals surface area contributed by atoms with E-state index in [0.29, 0.717) is 6.42 Å². The molecule has 18 heavy (non-hydrogen) atoms. The van der Waals surface area contributed by atoms with E-state index in [2.05, 4.69) is 15.9 Å². The van der Waals surface area contributed by atoms with Crippen LogP contribution < -0.4 is 5.73 Å². The minimum atomic E-state index is -1.07. The Bertz CT molecular complexity index is 406. The molecule has 3 atom stereocenters. The highest BCUT2D eigenvalue weighted by Crippen LogP contribution is 2.29. The number of rotatable bonds is 4. The Morgan fingerprint density at radius 1 is 1.39 bits per heavy atom. The molecule has 1 rings (SSSR count). The first-order valence-electron chi connectivity index (χ1n) is 5.47. The lowest BCUT2D eigenvalue weighted by Crippen LogP contribution is -2.33. The minimum Gasteiger partial charge on any atom is -0.391 e. The second-order valence-electron chi connectivity index (χ2n) is 4.16. The van der Waals surface area contributed by atoms with Crippen LogP contribution in [0.4, 0.5) is 8.78 Å². The van der Waals surface area contributed by atoms with Gasteiger partial charge in [0.25, 0.3) is 0 Å². The number of hydrogen-bond donors (Lipinski definition) is 2. The van der Waals surface area contributed by atoms with Crippen molar-refractivity contribution in [1.82, 2.24) is 0 Å². The summed E-state index contributed by atoms with van der Waals surface area (Å²) >= 11 is 2.97. The van der Waals surface area contributed by atoms with Gasteiger partial charge in [-0.3, -0.25) is 0 Å². The summed E-state index contributed by atoms with van der Waals surface area (Å²) in [6.45, 7) is 3.67. The molecule has 0 aromatic heterocycles. The lowest BCUT2D eigenvalue weighted by Gasteiger charge is -2.25. The molecule has 0 amide bonds. The van der Waals surface area contributed by atoms with Crippen molar-refractivity contribution in [2.45, 2.75) is 32.4 Å². The van der Waals surface area contributed by atoms with Crippen molar-refractivity contribution in [3.8, 4) is 0 Å². The van der Waals surface area contributed by atoms with E-state index in [1.807, 2.05) is 6.92 Å². The maximum absolute atomic E-state index is 13.8. The summed E-state index contributed by atoms with van der Waals surface area (Å²) in [7, 11) is 0. The highest BCUT2D eigenvalue weighted by molar-refractivity contribution is 9.10. The van der Waals surface area contributed by atoms with Crippen LogP contribution in [-0.4, -0.2) is 11.2 Å². The predicted octanol–water partition coefficient (Wildman–Crippen LogP) is 3.56. The standard InChI is InChI=1S/C12H16BrF2NO.ClH/c1-3-6(2)12(17)11(16)9-8(14)5-4-7(13)10(9)15;/h4-6,11-12,17H,3,16H2,1-2H3;1H/t6?,11-,12+;/m0./s1. The molecule has 0 heterocycles. The van der Waals surface area contributed by atoms with E-state index in [4.69, 9.17) is 5.73 Å². The van der Waals surface area contributed by atoms with Crippen molar-refractivity contribution < 1.29 is 13.9 Å². The van der Waals surface area contributed by atoms with E-state index in [-0.39, 0.29) is 28.4 Å². The number of aliphatic hydroxyl groups is 1. The van der Waals surface area contributed by atoms with Crippen molar-refractivity contribution in [1.29, 1.82) is 0 Å². The van der Waals surface area contributed by atoms with Crippen LogP contribution in [0, 0.1) is 17.6 Å². The van der Waals surface area contributed by atoms with Gasteiger partial charge >= 0.3 is 0 Å². The van der Waals surface area contributed by atoms with E-state index in [1.165, 1.54) is 6.07 Å². The van der Waals surface area contributed by atoms with Gasteiger partial charge in [0.2, 0.25) is 0 Å². The first-order chi connectivity index (χ1) is 7.90. The molecule has 2 nitrogen and oxygen atoms in total. The first kappa shape index (κ1) is 17.8. The number of halogens is 4. The lowest BCUT2D eigenvalue weighted by molar-refractivity contribution is 0.0853. The third kappa shape index (κ3) is 3.63. The second kappa shape index (κ2) is 7.38. The Morgan fingerprint density at radius 3 is 2.44 bits per heavy atom. The highest BCUT2D eigenvalue weighted by Gasteiger charge is 2.27. The smallest absolute Gasteiger partial charge is 0.145 e. The molecule has 0 aliphatic heterocycles. The molecule has 0 aliphatic carbocycles. The lowest BCUT2D eigenvalue weighted by atomic mass is 9.91. The Hall–Kier alpha value is -0.230. The van der Waals surface area contributed by atoms with Gasteiger partial charge in [0.05, 0.1) is 16.6 Å². The van der Waals surface area contributed by atoms with Gasteiger partial charge in [-0.25, -0.2) is 8.78 Å². The normalized spacial score (nSPS) is 15.7. The molecule has 1 aromatic rings. The van der Waals surface area contributed by atoms with E-state index < -0.39 is 23.8 Å². The van der Waals surface area contributed by atoms with Crippen LogP contribution in [0.5, 0.6) is 0 Å². The minimum absolute atomic E-state index is 0. The van der Waals surface area contributed by atoms with Gasteiger partial charge in [-0.05, 0) is 34.0 Å². The predicted molar refractivity (Wildman–Crippen MR) is 73.7 cm³/mol. The second-order valence-corrected chi connectivity index (χ2v) is 5.01. The zero-order chi connectivity index (χ0) is 13.2. The Balaban J connectivity index is 0.00000289. The van der Waals surface area contributed by atoms with Crippen molar-refractivity contribution >= 4 is 28.3 Å². The SMILES string of the molecule is CCC(C)[C@@H](O)[C@@H](N)c1c(F)ccc(Br)c1F.Cl. The summed E-state index contributed by atoms with van der Waals surface area (Å²) < 4.78 is 27.5. The van der Waals surface area contributed by atoms with E-state index in [9.17, 15) is 13.9 Å². The maximum Gasteiger partial charge on any atom is 0.145 e. The largest absolute Gasteiger partial charge is 0.391 e. The Labute approximate surface area is 120 Å². The molecular weight excluding hydrogens is 327 g/mol. The molecule has 0 saturated carbocycles. The maximum atomic E-state index is 13.8. The number of benzene rings is 1. The van der Waals surface area contributed by atoms with Crippen molar-refractivity contribution in [2.24, 2.45) is 11.7 Å². The zero-order valence-electron chi connectivity index (χ0n) is 10.2. The average molecular weight is 345 g/mol. The molecule has 1 unspecified atom stereocenters. The summed E-state index contributed by atoms with van der Waals surface area (Å²) in [5, 5.41) is 9.91. The third-order valence-corrected chi connectivity index (χ3v) is 3.62. The molecule has 0 spiro atoms. The summed E-state index contributed by atoms with van der Waals surface area (Å²) in [6, 6.07) is 1.34. The van der Waals surface area contributed by atoms with Gasteiger partial charge in [0, 0.05) is 5.56 Å². The van der Waals surface area contributed by atoms with Gasteiger partial charge < -0.3 is 10.8 Å². The van der Waals surface area contributed by atoms with Crippen LogP contribution >= 0.6 is 28.3 Å². The Morgan fingerprint density at radius 2 is 1.94 bits per heavy atom. The quantitative estimate of drug-likeness (QED) is 0.821. The number of aliphatic hydroxyl groups excluding tert-OH is 1. The molecule has 0 saturated heterocycles. The van der Waals surface area contributed by atoms with Gasteiger partial charge in [0.1, 0.15) is 11.6 Å². The molecule has 6 heteroatoms.